The van der Waals surface area contributed by atoms with E-state index in [2.05, 4.69) is 29.6 Å². The largest absolute Gasteiger partial charge is 0.383 e. The van der Waals surface area contributed by atoms with Crippen LogP contribution >= 0.6 is 23.4 Å². The van der Waals surface area contributed by atoms with Crippen LogP contribution < -0.4 is 5.32 Å². The van der Waals surface area contributed by atoms with Crippen molar-refractivity contribution in [1.82, 2.24) is 5.32 Å². The van der Waals surface area contributed by atoms with Crippen molar-refractivity contribution in [3.05, 3.63) is 29.8 Å². The van der Waals surface area contributed by atoms with Crippen LogP contribution in [0.25, 0.3) is 0 Å². The second-order valence-electron chi connectivity index (χ2n) is 4.59. The molecule has 0 fully saturated rings. The number of hydrogen-bond acceptors (Lipinski definition) is 3. The lowest BCUT2D eigenvalue weighted by Gasteiger charge is -2.19. The van der Waals surface area contributed by atoms with Crippen molar-refractivity contribution < 1.29 is 4.74 Å². The van der Waals surface area contributed by atoms with Gasteiger partial charge in [0.15, 0.2) is 0 Å². The van der Waals surface area contributed by atoms with E-state index in [1.54, 1.807) is 7.11 Å². The first kappa shape index (κ1) is 14.2. The first-order chi connectivity index (χ1) is 8.83. The molecule has 2 rings (SSSR count). The zero-order valence-corrected chi connectivity index (χ0v) is 12.3. The standard InChI is InChI=1S/C14H20ClNOS/c1-17-10-12(6-7-15)16-9-13-8-11-4-2-3-5-14(11)18-13/h2-5,12-13,16H,6-10H2,1H3. The molecule has 18 heavy (non-hydrogen) atoms. The molecule has 2 atom stereocenters. The Hall–Kier alpha value is -0.220. The Labute approximate surface area is 118 Å². The number of rotatable bonds is 7. The van der Waals surface area contributed by atoms with Crippen molar-refractivity contribution in [2.24, 2.45) is 0 Å². The van der Waals surface area contributed by atoms with Crippen molar-refractivity contribution >= 4 is 23.4 Å². The summed E-state index contributed by atoms with van der Waals surface area (Å²) in [6, 6.07) is 9.05. The van der Waals surface area contributed by atoms with Gasteiger partial charge < -0.3 is 10.1 Å². The molecule has 0 bridgehead atoms. The van der Waals surface area contributed by atoms with E-state index < -0.39 is 0 Å². The number of ether oxygens (including phenoxy) is 1. The molecule has 0 aliphatic carbocycles. The summed E-state index contributed by atoms with van der Waals surface area (Å²) in [5.41, 5.74) is 1.48. The van der Waals surface area contributed by atoms with Crippen molar-refractivity contribution in [3.63, 3.8) is 0 Å². The minimum atomic E-state index is 0.372. The molecule has 1 aromatic carbocycles. The number of fused-ring (bicyclic) bond motifs is 1. The topological polar surface area (TPSA) is 21.3 Å². The summed E-state index contributed by atoms with van der Waals surface area (Å²) >= 11 is 7.78. The molecule has 0 aromatic heterocycles. The van der Waals surface area contributed by atoms with E-state index in [-0.39, 0.29) is 0 Å². The molecular formula is C14H20ClNOS. The maximum absolute atomic E-state index is 5.80. The summed E-state index contributed by atoms with van der Waals surface area (Å²) in [4.78, 5) is 1.44. The number of alkyl halides is 1. The third kappa shape index (κ3) is 3.89. The van der Waals surface area contributed by atoms with Gasteiger partial charge in [-0.05, 0) is 24.5 Å². The van der Waals surface area contributed by atoms with E-state index in [4.69, 9.17) is 16.3 Å². The van der Waals surface area contributed by atoms with Crippen LogP contribution in [0.2, 0.25) is 0 Å². The summed E-state index contributed by atoms with van der Waals surface area (Å²) in [6.45, 7) is 1.75. The van der Waals surface area contributed by atoms with Gasteiger partial charge in [0, 0.05) is 35.7 Å². The Morgan fingerprint density at radius 3 is 3.06 bits per heavy atom. The highest BCUT2D eigenvalue weighted by molar-refractivity contribution is 8.00. The van der Waals surface area contributed by atoms with Gasteiger partial charge in [-0.2, -0.15) is 0 Å². The quantitative estimate of drug-likeness (QED) is 0.779. The van der Waals surface area contributed by atoms with Gasteiger partial charge in [-0.3, -0.25) is 0 Å². The number of hydrogen-bond donors (Lipinski definition) is 1. The van der Waals surface area contributed by atoms with Crippen molar-refractivity contribution in [2.45, 2.75) is 29.0 Å². The van der Waals surface area contributed by atoms with E-state index in [0.29, 0.717) is 17.2 Å². The fourth-order valence-corrected chi connectivity index (χ4v) is 3.77. The van der Waals surface area contributed by atoms with Crippen LogP contribution in [0.3, 0.4) is 0 Å². The molecule has 1 heterocycles. The predicted molar refractivity (Wildman–Crippen MR) is 78.8 cm³/mol. The average Bonchev–Trinajstić information content (AvgIpc) is 2.79. The summed E-state index contributed by atoms with van der Waals surface area (Å²) in [6.07, 6.45) is 2.12. The molecule has 1 aliphatic rings. The summed E-state index contributed by atoms with van der Waals surface area (Å²) in [5.74, 6) is 0.680. The van der Waals surface area contributed by atoms with Gasteiger partial charge in [-0.1, -0.05) is 18.2 Å². The van der Waals surface area contributed by atoms with E-state index in [1.165, 1.54) is 10.5 Å². The van der Waals surface area contributed by atoms with Crippen LogP contribution in [0, 0.1) is 0 Å². The Kier molecular flexibility index (Phi) is 5.83. The maximum Gasteiger partial charge on any atom is 0.0616 e. The van der Waals surface area contributed by atoms with Gasteiger partial charge in [0.2, 0.25) is 0 Å². The normalized spacial score (nSPS) is 19.8. The van der Waals surface area contributed by atoms with E-state index >= 15 is 0 Å². The summed E-state index contributed by atoms with van der Waals surface area (Å²) in [7, 11) is 1.74. The van der Waals surface area contributed by atoms with Crippen molar-refractivity contribution in [2.75, 3.05) is 26.1 Å². The minimum Gasteiger partial charge on any atom is -0.383 e. The molecule has 1 aromatic rings. The van der Waals surface area contributed by atoms with Crippen LogP contribution in [0.5, 0.6) is 0 Å². The molecule has 4 heteroatoms. The van der Waals surface area contributed by atoms with Crippen LogP contribution in [-0.4, -0.2) is 37.4 Å². The van der Waals surface area contributed by atoms with Gasteiger partial charge in [0.25, 0.3) is 0 Å². The third-order valence-electron chi connectivity index (χ3n) is 3.17. The van der Waals surface area contributed by atoms with Gasteiger partial charge in [-0.15, -0.1) is 23.4 Å². The zero-order valence-electron chi connectivity index (χ0n) is 10.7. The van der Waals surface area contributed by atoms with Crippen LogP contribution in [-0.2, 0) is 11.2 Å². The fourth-order valence-electron chi connectivity index (χ4n) is 2.24. The average molecular weight is 286 g/mol. The molecule has 0 saturated heterocycles. The molecule has 0 amide bonds. The van der Waals surface area contributed by atoms with E-state index in [0.717, 1.165) is 26.0 Å². The highest BCUT2D eigenvalue weighted by Crippen LogP contribution is 2.36. The molecule has 1 N–H and O–H groups in total. The van der Waals surface area contributed by atoms with Crippen molar-refractivity contribution in [1.29, 1.82) is 0 Å². The van der Waals surface area contributed by atoms with Crippen LogP contribution in [0.1, 0.15) is 12.0 Å². The molecule has 1 aliphatic heterocycles. The van der Waals surface area contributed by atoms with Gasteiger partial charge in [0.1, 0.15) is 0 Å². The first-order valence-corrected chi connectivity index (χ1v) is 7.77. The number of nitrogens with one attached hydrogen (secondary N) is 1. The summed E-state index contributed by atoms with van der Waals surface area (Å²) in [5, 5.41) is 4.20. The predicted octanol–water partition coefficient (Wildman–Crippen LogP) is 2.94. The van der Waals surface area contributed by atoms with Gasteiger partial charge >= 0.3 is 0 Å². The number of benzene rings is 1. The molecule has 2 nitrogen and oxygen atoms in total. The molecule has 2 unspecified atom stereocenters. The molecule has 0 spiro atoms. The highest BCUT2D eigenvalue weighted by Gasteiger charge is 2.22. The van der Waals surface area contributed by atoms with Gasteiger partial charge in [-0.25, -0.2) is 0 Å². The maximum atomic E-state index is 5.80. The van der Waals surface area contributed by atoms with E-state index in [9.17, 15) is 0 Å². The minimum absolute atomic E-state index is 0.372. The van der Waals surface area contributed by atoms with Crippen LogP contribution in [0.15, 0.2) is 29.2 Å². The monoisotopic (exact) mass is 285 g/mol. The number of methoxy groups -OCH3 is 1. The fraction of sp³-hybridized carbons (Fsp3) is 0.571. The SMILES string of the molecule is COCC(CCCl)NCC1Cc2ccccc2S1. The second kappa shape index (κ2) is 7.39. The Morgan fingerprint density at radius 2 is 2.33 bits per heavy atom. The zero-order chi connectivity index (χ0) is 12.8. The third-order valence-corrected chi connectivity index (χ3v) is 4.71. The summed E-state index contributed by atoms with van der Waals surface area (Å²) < 4.78 is 5.21. The van der Waals surface area contributed by atoms with Crippen molar-refractivity contribution in [3.8, 4) is 0 Å². The lowest BCUT2D eigenvalue weighted by atomic mass is 10.1. The first-order valence-electron chi connectivity index (χ1n) is 6.36. The molecule has 0 saturated carbocycles. The van der Waals surface area contributed by atoms with Gasteiger partial charge in [0.05, 0.1) is 6.61 Å². The van der Waals surface area contributed by atoms with E-state index in [1.807, 2.05) is 11.8 Å². The highest BCUT2D eigenvalue weighted by atomic mass is 35.5. The molecule has 100 valence electrons. The molecule has 0 radical (unpaired) electrons. The second-order valence-corrected chi connectivity index (χ2v) is 6.31. The number of halogens is 1. The number of thioether (sulfide) groups is 1. The Balaban J connectivity index is 1.78. The lowest BCUT2D eigenvalue weighted by molar-refractivity contribution is 0.165. The molecular weight excluding hydrogens is 266 g/mol. The Bertz CT molecular complexity index is 344. The van der Waals surface area contributed by atoms with Crippen LogP contribution in [0.4, 0.5) is 0 Å². The smallest absolute Gasteiger partial charge is 0.0616 e. The lowest BCUT2D eigenvalue weighted by Crippen LogP contribution is -2.37. The Morgan fingerprint density at radius 1 is 1.50 bits per heavy atom.